The fraction of sp³-hybridized carbons (Fsp3) is 0.214. The predicted molar refractivity (Wildman–Crippen MR) is 172 cm³/mol. The number of nitrogens with zero attached hydrogens (tertiary/aromatic N) is 8. The summed E-state index contributed by atoms with van der Waals surface area (Å²) in [5.74, 6) is -0.341. The highest BCUT2D eigenvalue weighted by atomic mass is 79.9. The van der Waals surface area contributed by atoms with Gasteiger partial charge in [-0.25, -0.2) is 28.7 Å². The van der Waals surface area contributed by atoms with Crippen molar-refractivity contribution in [2.24, 2.45) is 0 Å². The lowest BCUT2D eigenvalue weighted by molar-refractivity contribution is 0.617. The average molecular weight is 737 g/mol. The van der Waals surface area contributed by atoms with Crippen LogP contribution in [0, 0.1) is 11.6 Å². The normalized spacial score (nSPS) is 11.0. The molecule has 0 saturated carbocycles. The summed E-state index contributed by atoms with van der Waals surface area (Å²) in [7, 11) is 0. The SMILES string of the molecule is CC(C)n1cnc2cc(Br)nc(Cl)c21.CC(C)n1cnc2cc(Br)nc(Nc3ccncc3F)c21.Nc1ccncc1F. The highest BCUT2D eigenvalue weighted by molar-refractivity contribution is 9.10. The number of aromatic nitrogens is 8. The second kappa shape index (κ2) is 14.1. The van der Waals surface area contributed by atoms with E-state index >= 15 is 0 Å². The summed E-state index contributed by atoms with van der Waals surface area (Å²) in [5, 5.41) is 3.51. The molecule has 0 aromatic carbocycles. The van der Waals surface area contributed by atoms with Gasteiger partial charge in [0, 0.05) is 24.5 Å². The molecule has 6 rings (SSSR count). The van der Waals surface area contributed by atoms with Crippen molar-refractivity contribution in [1.82, 2.24) is 39.0 Å². The number of anilines is 3. The van der Waals surface area contributed by atoms with Gasteiger partial charge in [-0.1, -0.05) is 11.6 Å². The lowest BCUT2D eigenvalue weighted by Crippen LogP contribution is -2.04. The first kappa shape index (κ1) is 32.2. The molecule has 0 radical (unpaired) electrons. The molecule has 15 heteroatoms. The van der Waals surface area contributed by atoms with Gasteiger partial charge in [0.05, 0.1) is 47.5 Å². The number of rotatable bonds is 4. The van der Waals surface area contributed by atoms with E-state index in [-0.39, 0.29) is 11.7 Å². The van der Waals surface area contributed by atoms with Gasteiger partial charge < -0.3 is 20.2 Å². The Bertz CT molecular complexity index is 1840. The van der Waals surface area contributed by atoms with Crippen LogP contribution in [0.1, 0.15) is 39.8 Å². The zero-order chi connectivity index (χ0) is 31.3. The van der Waals surface area contributed by atoms with Crippen LogP contribution in [-0.4, -0.2) is 39.0 Å². The van der Waals surface area contributed by atoms with Crippen LogP contribution in [0.15, 0.2) is 70.9 Å². The molecular formula is C28H27Br2ClF2N10. The molecule has 6 aromatic heterocycles. The minimum Gasteiger partial charge on any atom is -0.396 e. The van der Waals surface area contributed by atoms with E-state index in [4.69, 9.17) is 17.3 Å². The molecule has 6 heterocycles. The second-order valence-electron chi connectivity index (χ2n) is 9.63. The number of fused-ring (bicyclic) bond motifs is 2. The Morgan fingerprint density at radius 2 is 1.35 bits per heavy atom. The molecule has 6 aromatic rings. The third-order valence-electron chi connectivity index (χ3n) is 5.94. The zero-order valence-corrected chi connectivity index (χ0v) is 27.4. The molecule has 0 aliphatic rings. The first-order chi connectivity index (χ1) is 20.5. The number of hydrogen-bond acceptors (Lipinski definition) is 8. The topological polar surface area (TPSA) is 125 Å². The molecule has 10 nitrogen and oxygen atoms in total. The molecule has 0 bridgehead atoms. The Kier molecular flexibility index (Phi) is 10.6. The molecule has 0 aliphatic heterocycles. The second-order valence-corrected chi connectivity index (χ2v) is 11.6. The van der Waals surface area contributed by atoms with Crippen molar-refractivity contribution in [3.8, 4) is 0 Å². The summed E-state index contributed by atoms with van der Waals surface area (Å²) < 4.78 is 31.3. The quantitative estimate of drug-likeness (QED) is 0.173. The Balaban J connectivity index is 0.000000165. The van der Waals surface area contributed by atoms with Crippen molar-refractivity contribution >= 4 is 82.7 Å². The summed E-state index contributed by atoms with van der Waals surface area (Å²) >= 11 is 12.7. The van der Waals surface area contributed by atoms with Gasteiger partial charge in [-0.2, -0.15) is 0 Å². The maximum Gasteiger partial charge on any atom is 0.164 e. The Morgan fingerprint density at radius 1 is 0.814 bits per heavy atom. The number of nitrogens with two attached hydrogens (primary N) is 1. The van der Waals surface area contributed by atoms with Crippen LogP contribution in [-0.2, 0) is 0 Å². The largest absolute Gasteiger partial charge is 0.396 e. The molecule has 0 unspecified atom stereocenters. The summed E-state index contributed by atoms with van der Waals surface area (Å²) in [5.41, 5.74) is 8.96. The standard InChI is InChI=1S/C14H13BrFN5.C9H9BrClN3.C5H5FN2/c1-8(2)21-7-18-11-5-12(15)20-14(13(11)21)19-10-3-4-17-6-9(10)16;1-5(2)14-4-12-6-3-7(10)13-9(11)8(6)14;6-4-3-8-2-1-5(4)7/h3-8H,1-2H3,(H,17,19,20);3-5H,1-2H3;1-3H,(H2,7,8). The zero-order valence-electron chi connectivity index (χ0n) is 23.5. The van der Waals surface area contributed by atoms with Crippen molar-refractivity contribution in [3.05, 3.63) is 87.7 Å². The molecule has 3 N–H and O–H groups in total. The van der Waals surface area contributed by atoms with Crippen LogP contribution < -0.4 is 11.1 Å². The fourth-order valence-electron chi connectivity index (χ4n) is 3.88. The van der Waals surface area contributed by atoms with E-state index in [9.17, 15) is 8.78 Å². The molecule has 43 heavy (non-hydrogen) atoms. The first-order valence-electron chi connectivity index (χ1n) is 12.9. The average Bonchev–Trinajstić information content (AvgIpc) is 3.57. The van der Waals surface area contributed by atoms with Crippen molar-refractivity contribution < 1.29 is 8.78 Å². The van der Waals surface area contributed by atoms with Crippen molar-refractivity contribution in [2.45, 2.75) is 39.8 Å². The fourth-order valence-corrected chi connectivity index (χ4v) is 5.05. The summed E-state index contributed by atoms with van der Waals surface area (Å²) in [6, 6.07) is 7.23. The lowest BCUT2D eigenvalue weighted by atomic mass is 10.3. The highest BCUT2D eigenvalue weighted by Gasteiger charge is 2.15. The number of pyridine rings is 4. The van der Waals surface area contributed by atoms with Gasteiger partial charge in [0.2, 0.25) is 0 Å². The number of hydrogen-bond donors (Lipinski definition) is 2. The molecule has 0 amide bonds. The van der Waals surface area contributed by atoms with E-state index in [2.05, 4.69) is 94.8 Å². The maximum atomic E-state index is 13.8. The first-order valence-corrected chi connectivity index (χ1v) is 14.9. The Labute approximate surface area is 268 Å². The number of nitrogens with one attached hydrogen (secondary N) is 1. The molecule has 0 aliphatic carbocycles. The van der Waals surface area contributed by atoms with Crippen molar-refractivity contribution in [3.63, 3.8) is 0 Å². The van der Waals surface area contributed by atoms with E-state index in [0.29, 0.717) is 31.9 Å². The smallest absolute Gasteiger partial charge is 0.164 e. The molecular weight excluding hydrogens is 710 g/mol. The van der Waals surface area contributed by atoms with Crippen molar-refractivity contribution in [1.29, 1.82) is 0 Å². The van der Waals surface area contributed by atoms with Crippen LogP contribution in [0.3, 0.4) is 0 Å². The maximum absolute atomic E-state index is 13.8. The van der Waals surface area contributed by atoms with Gasteiger partial charge in [0.25, 0.3) is 0 Å². The van der Waals surface area contributed by atoms with Crippen molar-refractivity contribution in [2.75, 3.05) is 11.1 Å². The minimum atomic E-state index is -0.465. The predicted octanol–water partition coefficient (Wildman–Crippen LogP) is 8.28. The van der Waals surface area contributed by atoms with Crippen LogP contribution in [0.25, 0.3) is 22.1 Å². The monoisotopic (exact) mass is 734 g/mol. The van der Waals surface area contributed by atoms with E-state index < -0.39 is 11.6 Å². The summed E-state index contributed by atoms with van der Waals surface area (Å²) in [6.07, 6.45) is 8.76. The summed E-state index contributed by atoms with van der Waals surface area (Å²) in [6.45, 7) is 8.28. The Hall–Kier alpha value is -3.75. The number of nitrogen functional groups attached to an aromatic ring is 1. The van der Waals surface area contributed by atoms with E-state index in [1.54, 1.807) is 18.7 Å². The van der Waals surface area contributed by atoms with E-state index in [1.807, 2.05) is 21.3 Å². The third kappa shape index (κ3) is 7.80. The number of halogens is 5. The number of imidazole rings is 2. The van der Waals surface area contributed by atoms with E-state index in [1.165, 1.54) is 18.5 Å². The third-order valence-corrected chi connectivity index (χ3v) is 7.02. The lowest BCUT2D eigenvalue weighted by Gasteiger charge is -2.13. The molecule has 0 saturated heterocycles. The van der Waals surface area contributed by atoms with Gasteiger partial charge in [0.1, 0.15) is 20.2 Å². The summed E-state index contributed by atoms with van der Waals surface area (Å²) in [4.78, 5) is 24.4. The van der Waals surface area contributed by atoms with Gasteiger partial charge in [-0.05, 0) is 83.8 Å². The van der Waals surface area contributed by atoms with Gasteiger partial charge in [0.15, 0.2) is 22.6 Å². The molecule has 224 valence electrons. The minimum absolute atomic E-state index is 0.139. The molecule has 0 fully saturated rings. The van der Waals surface area contributed by atoms with Crippen LogP contribution in [0.4, 0.5) is 26.0 Å². The van der Waals surface area contributed by atoms with Crippen LogP contribution >= 0.6 is 43.5 Å². The van der Waals surface area contributed by atoms with Gasteiger partial charge >= 0.3 is 0 Å². The van der Waals surface area contributed by atoms with Gasteiger partial charge in [-0.3, -0.25) is 9.97 Å². The molecule has 0 atom stereocenters. The van der Waals surface area contributed by atoms with Gasteiger partial charge in [-0.15, -0.1) is 0 Å². The highest BCUT2D eigenvalue weighted by Crippen LogP contribution is 2.30. The van der Waals surface area contributed by atoms with E-state index in [0.717, 1.165) is 34.5 Å². The van der Waals surface area contributed by atoms with Crippen LogP contribution in [0.2, 0.25) is 5.15 Å². The van der Waals surface area contributed by atoms with Crippen LogP contribution in [0.5, 0.6) is 0 Å². The molecule has 0 spiro atoms. The Morgan fingerprint density at radius 3 is 1.88 bits per heavy atom.